The fourth-order valence-electron chi connectivity index (χ4n) is 2.05. The van der Waals surface area contributed by atoms with E-state index in [2.05, 4.69) is 10.4 Å². The Morgan fingerprint density at radius 1 is 1.23 bits per heavy atom. The van der Waals surface area contributed by atoms with Crippen molar-refractivity contribution in [2.75, 3.05) is 5.32 Å². The Morgan fingerprint density at radius 3 is 2.86 bits per heavy atom. The van der Waals surface area contributed by atoms with Crippen molar-refractivity contribution in [2.24, 2.45) is 0 Å². The van der Waals surface area contributed by atoms with Crippen LogP contribution in [-0.2, 0) is 0 Å². The molecular formula is C15H11F2N3OS. The monoisotopic (exact) mass is 319 g/mol. The van der Waals surface area contributed by atoms with Gasteiger partial charge in [-0.2, -0.15) is 13.9 Å². The molecule has 0 aliphatic carbocycles. The van der Waals surface area contributed by atoms with Crippen LogP contribution in [0.1, 0.15) is 10.4 Å². The van der Waals surface area contributed by atoms with E-state index in [0.29, 0.717) is 17.4 Å². The summed E-state index contributed by atoms with van der Waals surface area (Å²) >= 11 is 0.360. The number of amides is 1. The van der Waals surface area contributed by atoms with Gasteiger partial charge in [-0.1, -0.05) is 23.9 Å². The molecule has 7 heteroatoms. The van der Waals surface area contributed by atoms with Gasteiger partial charge in [-0.25, -0.2) is 4.52 Å². The molecule has 1 amide bonds. The van der Waals surface area contributed by atoms with Crippen molar-refractivity contribution in [2.45, 2.75) is 10.7 Å². The lowest BCUT2D eigenvalue weighted by Crippen LogP contribution is -2.13. The zero-order valence-corrected chi connectivity index (χ0v) is 12.1. The smallest absolute Gasteiger partial charge is 0.288 e. The number of hydrogen-bond acceptors (Lipinski definition) is 3. The van der Waals surface area contributed by atoms with Gasteiger partial charge in [0.25, 0.3) is 11.7 Å². The molecule has 0 unspecified atom stereocenters. The van der Waals surface area contributed by atoms with Crippen LogP contribution < -0.4 is 5.32 Å². The number of anilines is 1. The summed E-state index contributed by atoms with van der Waals surface area (Å²) in [7, 11) is 0. The minimum absolute atomic E-state index is 0.223. The topological polar surface area (TPSA) is 46.4 Å². The number of hydrogen-bond donors (Lipinski definition) is 1. The van der Waals surface area contributed by atoms with Crippen LogP contribution in [0.3, 0.4) is 0 Å². The Kier molecular flexibility index (Phi) is 4.06. The van der Waals surface area contributed by atoms with E-state index in [9.17, 15) is 13.6 Å². The number of carbonyl (C=O) groups excluding carboxylic acids is 1. The lowest BCUT2D eigenvalue weighted by Gasteiger charge is -2.09. The Hall–Kier alpha value is -2.41. The number of halogens is 2. The second-order valence-corrected chi connectivity index (χ2v) is 5.48. The van der Waals surface area contributed by atoms with Crippen molar-refractivity contribution in [1.82, 2.24) is 9.61 Å². The molecule has 2 heterocycles. The molecule has 0 bridgehead atoms. The average Bonchev–Trinajstić information content (AvgIpc) is 2.94. The third-order valence-electron chi connectivity index (χ3n) is 3.01. The molecule has 0 spiro atoms. The molecule has 0 saturated carbocycles. The van der Waals surface area contributed by atoms with Crippen LogP contribution in [0.25, 0.3) is 5.52 Å². The largest absolute Gasteiger partial charge is 0.322 e. The Balaban J connectivity index is 1.84. The number of nitrogens with one attached hydrogen (secondary N) is 1. The number of fused-ring (bicyclic) bond motifs is 1. The average molecular weight is 319 g/mol. The molecule has 0 saturated heterocycles. The molecule has 0 radical (unpaired) electrons. The summed E-state index contributed by atoms with van der Waals surface area (Å²) in [6.45, 7) is 0. The van der Waals surface area contributed by atoms with Gasteiger partial charge in [0.05, 0.1) is 11.1 Å². The van der Waals surface area contributed by atoms with Crippen molar-refractivity contribution in [3.63, 3.8) is 0 Å². The summed E-state index contributed by atoms with van der Waals surface area (Å²) in [5, 5.41) is 6.78. The summed E-state index contributed by atoms with van der Waals surface area (Å²) in [4.78, 5) is 12.5. The van der Waals surface area contributed by atoms with E-state index in [1.54, 1.807) is 47.2 Å². The minimum atomic E-state index is -2.57. The number of rotatable bonds is 4. The third-order valence-corrected chi connectivity index (χ3v) is 3.79. The summed E-state index contributed by atoms with van der Waals surface area (Å²) in [6.07, 6.45) is 3.36. The minimum Gasteiger partial charge on any atom is -0.322 e. The van der Waals surface area contributed by atoms with Gasteiger partial charge in [0.2, 0.25) is 0 Å². The Bertz CT molecular complexity index is 819. The number of pyridine rings is 1. The highest BCUT2D eigenvalue weighted by Gasteiger charge is 2.15. The predicted octanol–water partition coefficient (Wildman–Crippen LogP) is 3.90. The fourth-order valence-corrected chi connectivity index (χ4v) is 2.69. The van der Waals surface area contributed by atoms with Crippen molar-refractivity contribution in [1.29, 1.82) is 0 Å². The number of aromatic nitrogens is 2. The number of alkyl halides is 2. The number of thioether (sulfide) groups is 1. The van der Waals surface area contributed by atoms with Crippen LogP contribution in [-0.4, -0.2) is 21.3 Å². The first kappa shape index (κ1) is 14.5. The second kappa shape index (κ2) is 6.15. The maximum absolute atomic E-state index is 12.6. The van der Waals surface area contributed by atoms with Gasteiger partial charge in [0.1, 0.15) is 0 Å². The van der Waals surface area contributed by atoms with E-state index in [0.717, 1.165) is 5.52 Å². The van der Waals surface area contributed by atoms with Gasteiger partial charge in [0.15, 0.2) is 0 Å². The fraction of sp³-hybridized carbons (Fsp3) is 0.0667. The zero-order valence-electron chi connectivity index (χ0n) is 11.2. The van der Waals surface area contributed by atoms with Crippen LogP contribution >= 0.6 is 11.8 Å². The van der Waals surface area contributed by atoms with Gasteiger partial charge in [-0.15, -0.1) is 0 Å². The van der Waals surface area contributed by atoms with Gasteiger partial charge in [-0.05, 0) is 30.3 Å². The van der Waals surface area contributed by atoms with Crippen molar-refractivity contribution in [3.05, 3.63) is 60.4 Å². The summed E-state index contributed by atoms with van der Waals surface area (Å²) in [5.41, 5.74) is 1.63. The van der Waals surface area contributed by atoms with Crippen LogP contribution in [0.15, 0.2) is 59.8 Å². The highest BCUT2D eigenvalue weighted by molar-refractivity contribution is 7.99. The SMILES string of the molecule is O=C(Nc1ccn2nccc2c1)c1ccccc1SC(F)F. The molecule has 0 fully saturated rings. The molecule has 112 valence electrons. The molecule has 4 nitrogen and oxygen atoms in total. The summed E-state index contributed by atoms with van der Waals surface area (Å²) in [5.74, 6) is -3.00. The van der Waals surface area contributed by atoms with Crippen molar-refractivity contribution < 1.29 is 13.6 Å². The molecule has 3 rings (SSSR count). The van der Waals surface area contributed by atoms with Crippen LogP contribution in [0.4, 0.5) is 14.5 Å². The molecule has 1 aromatic carbocycles. The quantitative estimate of drug-likeness (QED) is 0.742. The molecule has 0 atom stereocenters. The predicted molar refractivity (Wildman–Crippen MR) is 81.4 cm³/mol. The lowest BCUT2D eigenvalue weighted by molar-refractivity contribution is 0.102. The molecule has 0 aliphatic rings. The van der Waals surface area contributed by atoms with Gasteiger partial charge < -0.3 is 5.32 Å². The zero-order chi connectivity index (χ0) is 15.5. The maximum Gasteiger partial charge on any atom is 0.288 e. The van der Waals surface area contributed by atoms with E-state index < -0.39 is 11.7 Å². The summed E-state index contributed by atoms with van der Waals surface area (Å²) in [6, 6.07) is 11.6. The molecule has 2 aromatic heterocycles. The first-order chi connectivity index (χ1) is 10.6. The Morgan fingerprint density at radius 2 is 2.05 bits per heavy atom. The van der Waals surface area contributed by atoms with E-state index >= 15 is 0 Å². The molecule has 22 heavy (non-hydrogen) atoms. The van der Waals surface area contributed by atoms with Crippen molar-refractivity contribution >= 4 is 28.9 Å². The first-order valence-electron chi connectivity index (χ1n) is 6.42. The molecule has 0 aliphatic heterocycles. The van der Waals surface area contributed by atoms with Gasteiger partial charge in [-0.3, -0.25) is 4.79 Å². The van der Waals surface area contributed by atoms with Crippen LogP contribution in [0.2, 0.25) is 0 Å². The standard InChI is InChI=1S/C15H11F2N3OS/c16-15(17)22-13-4-2-1-3-12(13)14(21)19-10-6-8-20-11(9-10)5-7-18-20/h1-9,15H,(H,19,21). The van der Waals surface area contributed by atoms with E-state index in [4.69, 9.17) is 0 Å². The molecular weight excluding hydrogens is 308 g/mol. The van der Waals surface area contributed by atoms with E-state index in [-0.39, 0.29) is 10.5 Å². The number of nitrogens with zero attached hydrogens (tertiary/aromatic N) is 2. The van der Waals surface area contributed by atoms with Gasteiger partial charge in [0, 0.05) is 23.0 Å². The van der Waals surface area contributed by atoms with E-state index in [1.807, 2.05) is 0 Å². The summed E-state index contributed by atoms with van der Waals surface area (Å²) < 4.78 is 26.8. The van der Waals surface area contributed by atoms with Crippen molar-refractivity contribution in [3.8, 4) is 0 Å². The highest BCUT2D eigenvalue weighted by atomic mass is 32.2. The second-order valence-electron chi connectivity index (χ2n) is 4.44. The maximum atomic E-state index is 12.6. The molecule has 3 aromatic rings. The first-order valence-corrected chi connectivity index (χ1v) is 7.30. The Labute approximate surface area is 129 Å². The highest BCUT2D eigenvalue weighted by Crippen LogP contribution is 2.28. The number of benzene rings is 1. The lowest BCUT2D eigenvalue weighted by atomic mass is 10.2. The molecule has 1 N–H and O–H groups in total. The van der Waals surface area contributed by atoms with Crippen LogP contribution in [0, 0.1) is 0 Å². The third kappa shape index (κ3) is 3.09. The number of carbonyl (C=O) groups is 1. The van der Waals surface area contributed by atoms with E-state index in [1.165, 1.54) is 12.1 Å². The normalized spacial score (nSPS) is 11.0. The van der Waals surface area contributed by atoms with Gasteiger partial charge >= 0.3 is 0 Å². The van der Waals surface area contributed by atoms with Crippen LogP contribution in [0.5, 0.6) is 0 Å².